The highest BCUT2D eigenvalue weighted by Crippen LogP contribution is 2.36. The largest absolute Gasteiger partial charge is 0.486 e. The molecule has 23 heavy (non-hydrogen) atoms. The van der Waals surface area contributed by atoms with E-state index in [1.54, 1.807) is 0 Å². The molecule has 0 spiro atoms. The van der Waals surface area contributed by atoms with Gasteiger partial charge in [0.05, 0.1) is 17.1 Å². The molecule has 6 heteroatoms. The van der Waals surface area contributed by atoms with Crippen molar-refractivity contribution in [3.63, 3.8) is 0 Å². The van der Waals surface area contributed by atoms with Gasteiger partial charge in [-0.05, 0) is 12.1 Å². The molecule has 0 N–H and O–H groups in total. The first-order valence-electron chi connectivity index (χ1n) is 7.19. The van der Waals surface area contributed by atoms with Crippen LogP contribution in [0.1, 0.15) is 5.82 Å². The fourth-order valence-electron chi connectivity index (χ4n) is 2.59. The molecule has 0 fully saturated rings. The van der Waals surface area contributed by atoms with Gasteiger partial charge in [0.15, 0.2) is 11.5 Å². The Morgan fingerprint density at radius 3 is 2.74 bits per heavy atom. The Kier molecular flexibility index (Phi) is 3.24. The predicted molar refractivity (Wildman–Crippen MR) is 82.2 cm³/mol. The van der Waals surface area contributed by atoms with Gasteiger partial charge in [0.2, 0.25) is 6.79 Å². The number of hydrogen-bond donors (Lipinski definition) is 0. The Hall–Kier alpha value is -3.20. The van der Waals surface area contributed by atoms with E-state index in [0.29, 0.717) is 17.3 Å². The lowest BCUT2D eigenvalue weighted by Crippen LogP contribution is -2.06. The van der Waals surface area contributed by atoms with Crippen molar-refractivity contribution >= 4 is 11.0 Å². The molecule has 3 aromatic rings. The van der Waals surface area contributed by atoms with E-state index in [4.69, 9.17) is 19.5 Å². The third-order valence-electron chi connectivity index (χ3n) is 3.66. The van der Waals surface area contributed by atoms with Crippen LogP contribution in [0.25, 0.3) is 11.0 Å². The first kappa shape index (κ1) is 13.5. The van der Waals surface area contributed by atoms with Crippen LogP contribution in [0.5, 0.6) is 17.2 Å². The Morgan fingerprint density at radius 2 is 1.96 bits per heavy atom. The zero-order valence-corrected chi connectivity index (χ0v) is 12.2. The second-order valence-electron chi connectivity index (χ2n) is 5.07. The molecule has 0 bridgehead atoms. The van der Waals surface area contributed by atoms with E-state index in [0.717, 1.165) is 16.8 Å². The van der Waals surface area contributed by atoms with Gasteiger partial charge in [0, 0.05) is 12.1 Å². The molecule has 0 amide bonds. The molecule has 0 unspecified atom stereocenters. The lowest BCUT2D eigenvalue weighted by molar-refractivity contribution is 0.174. The lowest BCUT2D eigenvalue weighted by Gasteiger charge is -2.07. The van der Waals surface area contributed by atoms with Crippen molar-refractivity contribution in [3.05, 3.63) is 48.3 Å². The Bertz CT molecular complexity index is 897. The normalized spacial score (nSPS) is 12.3. The van der Waals surface area contributed by atoms with Crippen LogP contribution in [0.15, 0.2) is 42.5 Å². The molecule has 0 aliphatic carbocycles. The molecule has 114 valence electrons. The van der Waals surface area contributed by atoms with Gasteiger partial charge in [-0.1, -0.05) is 18.2 Å². The van der Waals surface area contributed by atoms with E-state index in [1.165, 1.54) is 0 Å². The molecule has 4 rings (SSSR count). The topological polar surface area (TPSA) is 69.3 Å². The third kappa shape index (κ3) is 2.42. The number of para-hydroxylation sites is 1. The standard InChI is InChI=1S/C17H13N3O3/c18-6-7-20-14-9-16-15(22-11-23-16)8-13(14)19-17(20)10-21-12-4-2-1-3-5-12/h1-5,8-9H,7,10-11H2. The first-order chi connectivity index (χ1) is 11.3. The highest BCUT2D eigenvalue weighted by molar-refractivity contribution is 5.81. The number of benzene rings is 2. The number of hydrogen-bond acceptors (Lipinski definition) is 5. The maximum atomic E-state index is 9.11. The molecule has 6 nitrogen and oxygen atoms in total. The van der Waals surface area contributed by atoms with Gasteiger partial charge in [-0.3, -0.25) is 0 Å². The number of fused-ring (bicyclic) bond motifs is 2. The van der Waals surface area contributed by atoms with Crippen LogP contribution in [0.4, 0.5) is 0 Å². The molecule has 2 aromatic carbocycles. The van der Waals surface area contributed by atoms with Crippen LogP contribution in [-0.4, -0.2) is 16.3 Å². The van der Waals surface area contributed by atoms with Crippen molar-refractivity contribution < 1.29 is 14.2 Å². The van der Waals surface area contributed by atoms with Gasteiger partial charge >= 0.3 is 0 Å². The third-order valence-corrected chi connectivity index (χ3v) is 3.66. The summed E-state index contributed by atoms with van der Waals surface area (Å²) in [6, 6.07) is 15.4. The van der Waals surface area contributed by atoms with Crippen molar-refractivity contribution in [2.75, 3.05) is 6.79 Å². The minimum absolute atomic E-state index is 0.198. The van der Waals surface area contributed by atoms with Gasteiger partial charge in [-0.2, -0.15) is 5.26 Å². The summed E-state index contributed by atoms with van der Waals surface area (Å²) in [4.78, 5) is 4.58. The Balaban J connectivity index is 1.71. The quantitative estimate of drug-likeness (QED) is 0.741. The highest BCUT2D eigenvalue weighted by atomic mass is 16.7. The van der Waals surface area contributed by atoms with Crippen molar-refractivity contribution in [2.24, 2.45) is 0 Å². The van der Waals surface area contributed by atoms with Gasteiger partial charge in [0.25, 0.3) is 0 Å². The molecular formula is C17H13N3O3. The van der Waals surface area contributed by atoms with Crippen LogP contribution >= 0.6 is 0 Å². The zero-order valence-electron chi connectivity index (χ0n) is 12.2. The minimum Gasteiger partial charge on any atom is -0.486 e. The van der Waals surface area contributed by atoms with E-state index < -0.39 is 0 Å². The van der Waals surface area contributed by atoms with Gasteiger partial charge in [0.1, 0.15) is 24.7 Å². The zero-order chi connectivity index (χ0) is 15.6. The first-order valence-corrected chi connectivity index (χ1v) is 7.19. The summed E-state index contributed by atoms with van der Waals surface area (Å²) in [6.45, 7) is 0.695. The summed E-state index contributed by atoms with van der Waals surface area (Å²) in [5.41, 5.74) is 1.60. The van der Waals surface area contributed by atoms with E-state index >= 15 is 0 Å². The Labute approximate surface area is 132 Å². The second-order valence-corrected chi connectivity index (χ2v) is 5.07. The molecule has 2 heterocycles. The maximum Gasteiger partial charge on any atom is 0.231 e. The summed E-state index contributed by atoms with van der Waals surface area (Å²) >= 11 is 0. The molecule has 1 aliphatic rings. The summed E-state index contributed by atoms with van der Waals surface area (Å²) in [5.74, 6) is 2.80. The average Bonchev–Trinajstić information content (AvgIpc) is 3.16. The van der Waals surface area contributed by atoms with Crippen molar-refractivity contribution in [3.8, 4) is 23.3 Å². The predicted octanol–water partition coefficient (Wildman–Crippen LogP) is 2.87. The molecular weight excluding hydrogens is 294 g/mol. The monoisotopic (exact) mass is 307 g/mol. The fourth-order valence-corrected chi connectivity index (χ4v) is 2.59. The molecule has 0 atom stereocenters. The van der Waals surface area contributed by atoms with Gasteiger partial charge in [-0.25, -0.2) is 4.98 Å². The van der Waals surface area contributed by atoms with Gasteiger partial charge in [-0.15, -0.1) is 0 Å². The number of nitrogens with zero attached hydrogens (tertiary/aromatic N) is 3. The molecule has 0 radical (unpaired) electrons. The summed E-state index contributed by atoms with van der Waals surface area (Å²) in [5, 5.41) is 9.11. The second kappa shape index (κ2) is 5.54. The van der Waals surface area contributed by atoms with Crippen molar-refractivity contribution in [2.45, 2.75) is 13.2 Å². The highest BCUT2D eigenvalue weighted by Gasteiger charge is 2.19. The van der Waals surface area contributed by atoms with Crippen LogP contribution < -0.4 is 14.2 Å². The number of imidazole rings is 1. The minimum atomic E-state index is 0.198. The number of nitriles is 1. The number of ether oxygens (including phenoxy) is 3. The van der Waals surface area contributed by atoms with E-state index in [9.17, 15) is 0 Å². The molecule has 1 aromatic heterocycles. The van der Waals surface area contributed by atoms with Crippen molar-refractivity contribution in [1.82, 2.24) is 9.55 Å². The molecule has 0 saturated carbocycles. The lowest BCUT2D eigenvalue weighted by atomic mass is 10.2. The number of aromatic nitrogens is 2. The number of rotatable bonds is 4. The summed E-state index contributed by atoms with van der Waals surface area (Å²) < 4.78 is 18.4. The molecule has 1 aliphatic heterocycles. The average molecular weight is 307 g/mol. The maximum absolute atomic E-state index is 9.11. The van der Waals surface area contributed by atoms with E-state index in [1.807, 2.05) is 47.0 Å². The smallest absolute Gasteiger partial charge is 0.231 e. The van der Waals surface area contributed by atoms with Crippen LogP contribution in [0.2, 0.25) is 0 Å². The van der Waals surface area contributed by atoms with Gasteiger partial charge < -0.3 is 18.8 Å². The van der Waals surface area contributed by atoms with E-state index in [-0.39, 0.29) is 19.9 Å². The Morgan fingerprint density at radius 1 is 1.17 bits per heavy atom. The summed E-state index contributed by atoms with van der Waals surface area (Å²) in [7, 11) is 0. The van der Waals surface area contributed by atoms with Crippen LogP contribution in [0.3, 0.4) is 0 Å². The van der Waals surface area contributed by atoms with Crippen LogP contribution in [0, 0.1) is 11.3 Å². The SMILES string of the molecule is N#CCn1c(COc2ccccc2)nc2cc3c(cc21)OCO3. The fraction of sp³-hybridized carbons (Fsp3) is 0.176. The van der Waals surface area contributed by atoms with Crippen molar-refractivity contribution in [1.29, 1.82) is 5.26 Å². The van der Waals surface area contributed by atoms with Crippen LogP contribution in [-0.2, 0) is 13.2 Å². The summed E-state index contributed by atoms with van der Waals surface area (Å²) in [6.07, 6.45) is 0. The molecule has 0 saturated heterocycles. The van der Waals surface area contributed by atoms with E-state index in [2.05, 4.69) is 11.1 Å².